The zero-order valence-electron chi connectivity index (χ0n) is 27.9. The normalized spacial score (nSPS) is 17.9. The largest absolute Gasteiger partial charge is 0.434 e. The van der Waals surface area contributed by atoms with Gasteiger partial charge in [-0.1, -0.05) is 20.8 Å². The van der Waals surface area contributed by atoms with Crippen LogP contribution in [0.2, 0.25) is 0 Å². The summed E-state index contributed by atoms with van der Waals surface area (Å²) in [6, 6.07) is 4.50. The number of benzene rings is 1. The smallest absolute Gasteiger partial charge is 0.282 e. The van der Waals surface area contributed by atoms with Gasteiger partial charge in [-0.2, -0.15) is 0 Å². The van der Waals surface area contributed by atoms with E-state index in [0.717, 1.165) is 52.3 Å². The van der Waals surface area contributed by atoms with Crippen molar-refractivity contribution < 1.29 is 18.7 Å². The second-order valence-corrected chi connectivity index (χ2v) is 13.5. The number of aromatic nitrogens is 3. The van der Waals surface area contributed by atoms with Crippen molar-refractivity contribution in [1.29, 1.82) is 0 Å². The Labute approximate surface area is 262 Å². The third-order valence-electron chi connectivity index (χ3n) is 9.17. The van der Waals surface area contributed by atoms with Crippen molar-refractivity contribution >= 4 is 11.7 Å². The Hall–Kier alpha value is -2.89. The predicted octanol–water partition coefficient (Wildman–Crippen LogP) is 4.81. The second kappa shape index (κ2) is 14.9. The molecule has 0 aliphatic carbocycles. The summed E-state index contributed by atoms with van der Waals surface area (Å²) in [5.41, 5.74) is 0.354. The lowest BCUT2D eigenvalue weighted by Crippen LogP contribution is -2.62. The van der Waals surface area contributed by atoms with Gasteiger partial charge >= 0.3 is 0 Å². The van der Waals surface area contributed by atoms with Crippen LogP contribution < -0.4 is 9.64 Å². The standard InChI is InChI=1S/C33H52FN7O3/c1-9-41(24(4)5)32(42)27-17-26(34)10-11-29(27)44-31-30(35-22-36-37-31)39-13-12-33(19-39)20-40(21-33)28(23(2)3)16-25(6)18-38(7)14-15-43-8/h10-11,17,22-25,28H,9,12-16,18-21H2,1-8H3. The van der Waals surface area contributed by atoms with E-state index >= 15 is 0 Å². The number of hydrogen-bond donors (Lipinski definition) is 0. The zero-order chi connectivity index (χ0) is 32.0. The van der Waals surface area contributed by atoms with Gasteiger partial charge in [0.15, 0.2) is 5.82 Å². The molecule has 0 bridgehead atoms. The van der Waals surface area contributed by atoms with Crippen LogP contribution in [-0.4, -0.2) is 114 Å². The molecule has 2 saturated heterocycles. The molecule has 10 nitrogen and oxygen atoms in total. The summed E-state index contributed by atoms with van der Waals surface area (Å²) in [4.78, 5) is 26.8. The third-order valence-corrected chi connectivity index (χ3v) is 9.17. The van der Waals surface area contributed by atoms with E-state index in [-0.39, 0.29) is 34.6 Å². The number of hydrogen-bond acceptors (Lipinski definition) is 9. The van der Waals surface area contributed by atoms with Crippen LogP contribution in [0.5, 0.6) is 11.6 Å². The highest BCUT2D eigenvalue weighted by molar-refractivity contribution is 5.97. The van der Waals surface area contributed by atoms with Crippen LogP contribution in [0.4, 0.5) is 10.2 Å². The van der Waals surface area contributed by atoms with E-state index in [0.29, 0.717) is 30.2 Å². The Morgan fingerprint density at radius 3 is 2.57 bits per heavy atom. The van der Waals surface area contributed by atoms with Gasteiger partial charge < -0.3 is 24.2 Å². The molecule has 244 valence electrons. The minimum Gasteiger partial charge on any atom is -0.434 e. The Kier molecular flexibility index (Phi) is 11.5. The maximum atomic E-state index is 14.3. The van der Waals surface area contributed by atoms with E-state index in [1.165, 1.54) is 30.9 Å². The molecular formula is C33H52FN7O3. The molecule has 2 unspecified atom stereocenters. The van der Waals surface area contributed by atoms with Crippen LogP contribution in [0.25, 0.3) is 0 Å². The molecule has 1 aromatic carbocycles. The lowest BCUT2D eigenvalue weighted by Gasteiger charge is -2.53. The number of anilines is 1. The van der Waals surface area contributed by atoms with Gasteiger partial charge in [-0.25, -0.2) is 9.37 Å². The fraction of sp³-hybridized carbons (Fsp3) is 0.697. The van der Waals surface area contributed by atoms with Crippen molar-refractivity contribution in [2.45, 2.75) is 66.5 Å². The van der Waals surface area contributed by atoms with Crippen LogP contribution in [0, 0.1) is 23.1 Å². The van der Waals surface area contributed by atoms with Gasteiger partial charge in [0.2, 0.25) is 0 Å². The topological polar surface area (TPSA) is 87.2 Å². The van der Waals surface area contributed by atoms with Gasteiger partial charge in [-0.3, -0.25) is 9.69 Å². The monoisotopic (exact) mass is 613 g/mol. The van der Waals surface area contributed by atoms with Crippen molar-refractivity contribution in [3.05, 3.63) is 35.9 Å². The molecule has 2 atom stereocenters. The average molecular weight is 614 g/mol. The van der Waals surface area contributed by atoms with E-state index in [4.69, 9.17) is 9.47 Å². The Bertz CT molecular complexity index is 1240. The van der Waals surface area contributed by atoms with Crippen molar-refractivity contribution in [1.82, 2.24) is 29.9 Å². The van der Waals surface area contributed by atoms with Gasteiger partial charge in [0.05, 0.1) is 12.2 Å². The summed E-state index contributed by atoms with van der Waals surface area (Å²) >= 11 is 0. The average Bonchev–Trinajstić information content (AvgIpc) is 3.41. The molecule has 1 aromatic heterocycles. The number of ether oxygens (including phenoxy) is 2. The summed E-state index contributed by atoms with van der Waals surface area (Å²) in [6.45, 7) is 19.9. The molecule has 0 radical (unpaired) electrons. The highest BCUT2D eigenvalue weighted by Gasteiger charge is 2.50. The van der Waals surface area contributed by atoms with Crippen LogP contribution in [-0.2, 0) is 4.74 Å². The lowest BCUT2D eigenvalue weighted by molar-refractivity contribution is -0.0387. The predicted molar refractivity (Wildman–Crippen MR) is 171 cm³/mol. The van der Waals surface area contributed by atoms with Crippen molar-refractivity contribution in [2.75, 3.05) is 71.5 Å². The van der Waals surface area contributed by atoms with Crippen LogP contribution >= 0.6 is 0 Å². The first-order valence-electron chi connectivity index (χ1n) is 16.1. The van der Waals surface area contributed by atoms with Crippen LogP contribution in [0.15, 0.2) is 24.5 Å². The maximum absolute atomic E-state index is 14.3. The number of rotatable bonds is 15. The first-order chi connectivity index (χ1) is 21.0. The first kappa shape index (κ1) is 34.0. The summed E-state index contributed by atoms with van der Waals surface area (Å²) in [7, 11) is 3.93. The summed E-state index contributed by atoms with van der Waals surface area (Å²) in [5.74, 6) is 1.45. The Morgan fingerprint density at radius 1 is 1.16 bits per heavy atom. The van der Waals surface area contributed by atoms with Gasteiger partial charge in [0, 0.05) is 70.4 Å². The molecule has 2 aliphatic rings. The van der Waals surface area contributed by atoms with Crippen LogP contribution in [0.3, 0.4) is 0 Å². The van der Waals surface area contributed by atoms with Crippen molar-refractivity contribution in [2.24, 2.45) is 17.3 Å². The van der Waals surface area contributed by atoms with Crippen molar-refractivity contribution in [3.8, 4) is 11.6 Å². The van der Waals surface area contributed by atoms with Gasteiger partial charge in [-0.05, 0) is 70.7 Å². The van der Waals surface area contributed by atoms with E-state index < -0.39 is 5.82 Å². The molecule has 3 heterocycles. The SMILES string of the molecule is CCN(C(=O)c1cc(F)ccc1Oc1nncnc1N1CCC2(C1)CN(C(CC(C)CN(C)CCOC)C(C)C)C2)C(C)C. The van der Waals surface area contributed by atoms with Gasteiger partial charge in [0.1, 0.15) is 17.9 Å². The number of halogens is 1. The van der Waals surface area contributed by atoms with Gasteiger partial charge in [0.25, 0.3) is 11.8 Å². The molecule has 44 heavy (non-hydrogen) atoms. The van der Waals surface area contributed by atoms with E-state index in [2.05, 4.69) is 57.7 Å². The zero-order valence-corrected chi connectivity index (χ0v) is 27.9. The third kappa shape index (κ3) is 8.03. The van der Waals surface area contributed by atoms with Crippen LogP contribution in [0.1, 0.15) is 64.7 Å². The highest BCUT2D eigenvalue weighted by Crippen LogP contribution is 2.45. The highest BCUT2D eigenvalue weighted by atomic mass is 19.1. The fourth-order valence-corrected chi connectivity index (χ4v) is 6.93. The quantitative estimate of drug-likeness (QED) is 0.281. The molecule has 2 aromatic rings. The molecule has 0 saturated carbocycles. The number of likely N-dealkylation sites (N-methyl/N-ethyl adjacent to an activating group) is 1. The minimum absolute atomic E-state index is 0.0408. The van der Waals surface area contributed by atoms with E-state index in [1.807, 2.05) is 20.8 Å². The second-order valence-electron chi connectivity index (χ2n) is 13.5. The lowest BCUT2D eigenvalue weighted by atomic mass is 9.76. The summed E-state index contributed by atoms with van der Waals surface area (Å²) < 4.78 is 25.7. The number of nitrogens with zero attached hydrogens (tertiary/aromatic N) is 7. The molecule has 0 N–H and O–H groups in total. The number of methoxy groups -OCH3 is 1. The summed E-state index contributed by atoms with van der Waals surface area (Å²) in [6.07, 6.45) is 3.66. The number of amides is 1. The fourth-order valence-electron chi connectivity index (χ4n) is 6.93. The molecule has 4 rings (SSSR count). The Balaban J connectivity index is 1.43. The number of likely N-dealkylation sites (tertiary alicyclic amines) is 1. The first-order valence-corrected chi connectivity index (χ1v) is 16.1. The van der Waals surface area contributed by atoms with Crippen molar-refractivity contribution in [3.63, 3.8) is 0 Å². The molecule has 1 amide bonds. The summed E-state index contributed by atoms with van der Waals surface area (Å²) in [5, 5.41) is 8.23. The Morgan fingerprint density at radius 2 is 1.91 bits per heavy atom. The van der Waals surface area contributed by atoms with Gasteiger partial charge in [-0.15, -0.1) is 10.2 Å². The van der Waals surface area contributed by atoms with E-state index in [1.54, 1.807) is 12.0 Å². The molecular weight excluding hydrogens is 561 g/mol. The minimum atomic E-state index is -0.499. The molecule has 1 spiro atoms. The molecule has 2 aliphatic heterocycles. The molecule has 11 heteroatoms. The number of carbonyl (C=O) groups excluding carboxylic acids is 1. The molecule has 2 fully saturated rings. The van der Waals surface area contributed by atoms with E-state index in [9.17, 15) is 9.18 Å². The number of carbonyl (C=O) groups is 1. The maximum Gasteiger partial charge on any atom is 0.282 e.